The summed E-state index contributed by atoms with van der Waals surface area (Å²) in [6.07, 6.45) is 3.36. The Bertz CT molecular complexity index is 316. The first kappa shape index (κ1) is 9.88. The van der Waals surface area contributed by atoms with E-state index in [2.05, 4.69) is 11.8 Å². The molecule has 0 aliphatic rings. The molecule has 0 fully saturated rings. The summed E-state index contributed by atoms with van der Waals surface area (Å²) in [5, 5.41) is 0. The fraction of sp³-hybridized carbons (Fsp3) is 0.455. The van der Waals surface area contributed by atoms with E-state index < -0.39 is 0 Å². The topological polar surface area (TPSA) is 39.2 Å². The van der Waals surface area contributed by atoms with Crippen LogP contribution >= 0.6 is 0 Å². The SMILES string of the molecule is CC#CCCC(N)c1occc1C. The maximum atomic E-state index is 5.92. The molecule has 1 atom stereocenters. The summed E-state index contributed by atoms with van der Waals surface area (Å²) < 4.78 is 5.28. The summed E-state index contributed by atoms with van der Waals surface area (Å²) in [4.78, 5) is 0. The van der Waals surface area contributed by atoms with Gasteiger partial charge in [0.1, 0.15) is 5.76 Å². The predicted molar refractivity (Wildman–Crippen MR) is 53.1 cm³/mol. The van der Waals surface area contributed by atoms with Crippen LogP contribution in [0.3, 0.4) is 0 Å². The van der Waals surface area contributed by atoms with Crippen molar-refractivity contribution in [2.45, 2.75) is 32.7 Å². The van der Waals surface area contributed by atoms with Gasteiger partial charge in [0.2, 0.25) is 0 Å². The minimum Gasteiger partial charge on any atom is -0.467 e. The van der Waals surface area contributed by atoms with Crippen LogP contribution in [0.2, 0.25) is 0 Å². The van der Waals surface area contributed by atoms with E-state index in [0.29, 0.717) is 0 Å². The van der Waals surface area contributed by atoms with E-state index >= 15 is 0 Å². The number of hydrogen-bond acceptors (Lipinski definition) is 2. The average Bonchev–Trinajstić information content (AvgIpc) is 2.52. The zero-order valence-corrected chi connectivity index (χ0v) is 8.13. The lowest BCUT2D eigenvalue weighted by atomic mass is 10.1. The van der Waals surface area contributed by atoms with E-state index in [9.17, 15) is 0 Å². The minimum atomic E-state index is -0.0177. The normalized spacial score (nSPS) is 11.9. The molecule has 70 valence electrons. The van der Waals surface area contributed by atoms with Gasteiger partial charge < -0.3 is 10.2 Å². The molecule has 2 N–H and O–H groups in total. The Labute approximate surface area is 79.1 Å². The fourth-order valence-electron chi connectivity index (χ4n) is 1.25. The van der Waals surface area contributed by atoms with E-state index in [1.807, 2.05) is 19.9 Å². The van der Waals surface area contributed by atoms with Crippen molar-refractivity contribution in [3.63, 3.8) is 0 Å². The van der Waals surface area contributed by atoms with Crippen LogP contribution in [-0.4, -0.2) is 0 Å². The van der Waals surface area contributed by atoms with E-state index in [-0.39, 0.29) is 6.04 Å². The largest absolute Gasteiger partial charge is 0.467 e. The predicted octanol–water partition coefficient (Wildman–Crippen LogP) is 2.39. The molecule has 1 unspecified atom stereocenters. The van der Waals surface area contributed by atoms with Gasteiger partial charge in [0, 0.05) is 6.42 Å². The molecule has 0 aromatic carbocycles. The van der Waals surface area contributed by atoms with E-state index in [0.717, 1.165) is 24.2 Å². The van der Waals surface area contributed by atoms with Crippen LogP contribution in [0, 0.1) is 18.8 Å². The summed E-state index contributed by atoms with van der Waals surface area (Å²) in [6, 6.07) is 1.91. The summed E-state index contributed by atoms with van der Waals surface area (Å²) >= 11 is 0. The van der Waals surface area contributed by atoms with Gasteiger partial charge in [-0.2, -0.15) is 0 Å². The van der Waals surface area contributed by atoms with Gasteiger partial charge in [-0.1, -0.05) is 0 Å². The van der Waals surface area contributed by atoms with Crippen molar-refractivity contribution in [1.82, 2.24) is 0 Å². The van der Waals surface area contributed by atoms with Gasteiger partial charge in [-0.25, -0.2) is 0 Å². The number of nitrogens with two attached hydrogens (primary N) is 1. The van der Waals surface area contributed by atoms with Gasteiger partial charge in [-0.15, -0.1) is 11.8 Å². The molecule has 0 aliphatic carbocycles. The van der Waals surface area contributed by atoms with Crippen molar-refractivity contribution in [3.05, 3.63) is 23.7 Å². The Morgan fingerprint density at radius 1 is 1.62 bits per heavy atom. The van der Waals surface area contributed by atoms with Gasteiger partial charge in [-0.3, -0.25) is 0 Å². The Morgan fingerprint density at radius 2 is 2.38 bits per heavy atom. The number of aryl methyl sites for hydroxylation is 1. The van der Waals surface area contributed by atoms with Crippen molar-refractivity contribution in [1.29, 1.82) is 0 Å². The van der Waals surface area contributed by atoms with Gasteiger partial charge >= 0.3 is 0 Å². The molecular formula is C11H15NO. The Hall–Kier alpha value is -1.20. The van der Waals surface area contributed by atoms with Crippen molar-refractivity contribution in [2.24, 2.45) is 5.73 Å². The lowest BCUT2D eigenvalue weighted by molar-refractivity contribution is 0.452. The third-order valence-electron chi connectivity index (χ3n) is 2.00. The highest BCUT2D eigenvalue weighted by Crippen LogP contribution is 2.19. The molecule has 13 heavy (non-hydrogen) atoms. The molecule has 1 aromatic heterocycles. The molecule has 0 saturated carbocycles. The van der Waals surface area contributed by atoms with Crippen molar-refractivity contribution < 1.29 is 4.42 Å². The fourth-order valence-corrected chi connectivity index (χ4v) is 1.25. The van der Waals surface area contributed by atoms with Crippen LogP contribution in [0.25, 0.3) is 0 Å². The molecule has 0 spiro atoms. The van der Waals surface area contributed by atoms with Crippen LogP contribution in [0.15, 0.2) is 16.7 Å². The summed E-state index contributed by atoms with van der Waals surface area (Å²) in [5.41, 5.74) is 7.04. The quantitative estimate of drug-likeness (QED) is 0.720. The minimum absolute atomic E-state index is 0.0177. The van der Waals surface area contributed by atoms with Gasteiger partial charge in [0.15, 0.2) is 0 Å². The van der Waals surface area contributed by atoms with E-state index in [1.54, 1.807) is 6.26 Å². The third kappa shape index (κ3) is 2.64. The summed E-state index contributed by atoms with van der Waals surface area (Å²) in [5.74, 6) is 6.72. The molecule has 0 saturated heterocycles. The third-order valence-corrected chi connectivity index (χ3v) is 2.00. The molecule has 0 bridgehead atoms. The molecule has 1 aromatic rings. The highest BCUT2D eigenvalue weighted by atomic mass is 16.3. The Balaban J connectivity index is 2.52. The van der Waals surface area contributed by atoms with E-state index in [1.165, 1.54) is 0 Å². The lowest BCUT2D eigenvalue weighted by Gasteiger charge is -2.06. The van der Waals surface area contributed by atoms with Crippen LogP contribution < -0.4 is 5.73 Å². The van der Waals surface area contributed by atoms with Crippen LogP contribution in [0.5, 0.6) is 0 Å². The van der Waals surface area contributed by atoms with Crippen molar-refractivity contribution >= 4 is 0 Å². The zero-order chi connectivity index (χ0) is 9.68. The number of hydrogen-bond donors (Lipinski definition) is 1. The standard InChI is InChI=1S/C11H15NO/c1-3-4-5-6-10(12)11-9(2)7-8-13-11/h7-8,10H,5-6,12H2,1-2H3. The molecule has 2 nitrogen and oxygen atoms in total. The zero-order valence-electron chi connectivity index (χ0n) is 8.13. The smallest absolute Gasteiger partial charge is 0.123 e. The second-order valence-electron chi connectivity index (χ2n) is 3.04. The second kappa shape index (κ2) is 4.74. The Kier molecular flexibility index (Phi) is 3.60. The molecule has 0 amide bonds. The van der Waals surface area contributed by atoms with Gasteiger partial charge in [0.25, 0.3) is 0 Å². The summed E-state index contributed by atoms with van der Waals surface area (Å²) in [6.45, 7) is 3.84. The Morgan fingerprint density at radius 3 is 2.92 bits per heavy atom. The maximum absolute atomic E-state index is 5.92. The molecule has 2 heteroatoms. The average molecular weight is 177 g/mol. The molecular weight excluding hydrogens is 162 g/mol. The summed E-state index contributed by atoms with van der Waals surface area (Å²) in [7, 11) is 0. The van der Waals surface area contributed by atoms with Crippen LogP contribution in [-0.2, 0) is 0 Å². The lowest BCUT2D eigenvalue weighted by Crippen LogP contribution is -2.09. The first-order valence-corrected chi connectivity index (χ1v) is 4.45. The molecule has 0 aliphatic heterocycles. The van der Waals surface area contributed by atoms with Crippen molar-refractivity contribution in [2.75, 3.05) is 0 Å². The first-order chi connectivity index (χ1) is 6.25. The second-order valence-corrected chi connectivity index (χ2v) is 3.04. The van der Waals surface area contributed by atoms with Gasteiger partial charge in [0.05, 0.1) is 12.3 Å². The van der Waals surface area contributed by atoms with Crippen LogP contribution in [0.1, 0.15) is 37.1 Å². The van der Waals surface area contributed by atoms with Crippen molar-refractivity contribution in [3.8, 4) is 11.8 Å². The monoisotopic (exact) mass is 177 g/mol. The van der Waals surface area contributed by atoms with E-state index in [4.69, 9.17) is 10.2 Å². The molecule has 1 heterocycles. The highest BCUT2D eigenvalue weighted by molar-refractivity contribution is 5.18. The number of rotatable bonds is 3. The first-order valence-electron chi connectivity index (χ1n) is 4.45. The van der Waals surface area contributed by atoms with Crippen LogP contribution in [0.4, 0.5) is 0 Å². The number of furan rings is 1. The van der Waals surface area contributed by atoms with Gasteiger partial charge in [-0.05, 0) is 31.9 Å². The maximum Gasteiger partial charge on any atom is 0.123 e. The molecule has 1 rings (SSSR count). The highest BCUT2D eigenvalue weighted by Gasteiger charge is 2.10. The molecule has 0 radical (unpaired) electrons.